The van der Waals surface area contributed by atoms with Gasteiger partial charge in [0, 0.05) is 7.05 Å². The van der Waals surface area contributed by atoms with Crippen molar-refractivity contribution in [2.24, 2.45) is 7.05 Å². The average Bonchev–Trinajstić information content (AvgIpc) is 2.86. The molecule has 0 spiro atoms. The van der Waals surface area contributed by atoms with Crippen LogP contribution in [0.25, 0.3) is 0 Å². The fourth-order valence-corrected chi connectivity index (χ4v) is 2.40. The van der Waals surface area contributed by atoms with Crippen LogP contribution in [0.4, 0.5) is 0 Å². The van der Waals surface area contributed by atoms with E-state index in [1.54, 1.807) is 11.0 Å². The number of aromatic nitrogens is 3. The highest BCUT2D eigenvalue weighted by Gasteiger charge is 1.97. The van der Waals surface area contributed by atoms with Crippen molar-refractivity contribution < 1.29 is 0 Å². The summed E-state index contributed by atoms with van der Waals surface area (Å²) in [6.45, 7) is 4.14. The van der Waals surface area contributed by atoms with E-state index in [9.17, 15) is 0 Å². The predicted molar refractivity (Wildman–Crippen MR) is 84.6 cm³/mol. The topological polar surface area (TPSA) is 42.7 Å². The molecule has 4 nitrogen and oxygen atoms in total. The second-order valence-electron chi connectivity index (χ2n) is 5.69. The minimum absolute atomic E-state index is 0.790. The van der Waals surface area contributed by atoms with Crippen LogP contribution < -0.4 is 5.32 Å². The molecular weight excluding hydrogens is 248 g/mol. The Morgan fingerprint density at radius 1 is 0.950 bits per heavy atom. The first kappa shape index (κ1) is 17.2. The molecule has 0 saturated carbocycles. The highest BCUT2D eigenvalue weighted by Crippen LogP contribution is 2.10. The Hall–Kier alpha value is -0.900. The van der Waals surface area contributed by atoms with E-state index in [-0.39, 0.29) is 0 Å². The van der Waals surface area contributed by atoms with E-state index in [4.69, 9.17) is 0 Å². The van der Waals surface area contributed by atoms with E-state index in [0.717, 1.165) is 18.9 Å². The lowest BCUT2D eigenvalue weighted by molar-refractivity contribution is 0.540. The molecule has 0 amide bonds. The van der Waals surface area contributed by atoms with Gasteiger partial charge in [-0.25, -0.2) is 4.98 Å². The molecule has 1 N–H and O–H groups in total. The summed E-state index contributed by atoms with van der Waals surface area (Å²) in [5.74, 6) is 0.888. The Morgan fingerprint density at radius 2 is 1.55 bits per heavy atom. The third kappa shape index (κ3) is 9.08. The molecule has 0 aliphatic heterocycles. The minimum Gasteiger partial charge on any atom is -0.310 e. The Kier molecular flexibility index (Phi) is 10.2. The highest BCUT2D eigenvalue weighted by atomic mass is 15.3. The van der Waals surface area contributed by atoms with Gasteiger partial charge in [0.05, 0.1) is 6.54 Å². The lowest BCUT2D eigenvalue weighted by Crippen LogP contribution is -2.15. The van der Waals surface area contributed by atoms with E-state index in [0.29, 0.717) is 0 Å². The summed E-state index contributed by atoms with van der Waals surface area (Å²) in [6.07, 6.45) is 15.6. The average molecular weight is 280 g/mol. The van der Waals surface area contributed by atoms with Crippen molar-refractivity contribution in [1.29, 1.82) is 0 Å². The monoisotopic (exact) mass is 280 g/mol. The zero-order valence-electron chi connectivity index (χ0n) is 13.4. The molecule has 0 aromatic carbocycles. The fourth-order valence-electron chi connectivity index (χ4n) is 2.40. The van der Waals surface area contributed by atoms with Gasteiger partial charge in [-0.15, -0.1) is 0 Å². The van der Waals surface area contributed by atoms with Gasteiger partial charge >= 0.3 is 0 Å². The number of nitrogens with zero attached hydrogens (tertiary/aromatic N) is 3. The Labute approximate surface area is 124 Å². The Bertz CT molecular complexity index is 322. The predicted octanol–water partition coefficient (Wildman–Crippen LogP) is 3.83. The summed E-state index contributed by atoms with van der Waals surface area (Å²) in [5, 5.41) is 7.64. The molecule has 116 valence electrons. The van der Waals surface area contributed by atoms with Crippen LogP contribution in [0, 0.1) is 0 Å². The molecule has 1 aromatic rings. The Balaban J connectivity index is 1.76. The maximum Gasteiger partial charge on any atom is 0.164 e. The summed E-state index contributed by atoms with van der Waals surface area (Å²) in [5.41, 5.74) is 0. The number of hydrogen-bond donors (Lipinski definition) is 1. The molecule has 0 fully saturated rings. The summed E-state index contributed by atoms with van der Waals surface area (Å²) in [6, 6.07) is 0. The van der Waals surface area contributed by atoms with Crippen molar-refractivity contribution in [3.05, 3.63) is 12.2 Å². The molecule has 0 radical (unpaired) electrons. The number of aryl methyl sites for hydroxylation is 1. The first-order chi connectivity index (χ1) is 9.83. The normalized spacial score (nSPS) is 11.1. The van der Waals surface area contributed by atoms with Crippen LogP contribution in [0.2, 0.25) is 0 Å². The van der Waals surface area contributed by atoms with Crippen LogP contribution >= 0.6 is 0 Å². The first-order valence-electron chi connectivity index (χ1n) is 8.38. The molecule has 0 bridgehead atoms. The smallest absolute Gasteiger partial charge is 0.164 e. The molecule has 0 unspecified atom stereocenters. The van der Waals surface area contributed by atoms with Gasteiger partial charge in [0.1, 0.15) is 6.33 Å². The molecule has 1 rings (SSSR count). The molecule has 0 aliphatic carbocycles. The Morgan fingerprint density at radius 3 is 2.10 bits per heavy atom. The van der Waals surface area contributed by atoms with Crippen LogP contribution in [-0.2, 0) is 13.6 Å². The van der Waals surface area contributed by atoms with Gasteiger partial charge in [-0.2, -0.15) is 5.10 Å². The van der Waals surface area contributed by atoms with Gasteiger partial charge in [0.25, 0.3) is 0 Å². The van der Waals surface area contributed by atoms with Gasteiger partial charge in [-0.3, -0.25) is 4.68 Å². The third-order valence-corrected chi connectivity index (χ3v) is 3.64. The van der Waals surface area contributed by atoms with Crippen LogP contribution in [0.3, 0.4) is 0 Å². The van der Waals surface area contributed by atoms with Crippen molar-refractivity contribution in [3.8, 4) is 0 Å². The number of rotatable bonds is 13. The summed E-state index contributed by atoms with van der Waals surface area (Å²) in [4.78, 5) is 4.19. The van der Waals surface area contributed by atoms with Crippen LogP contribution in [0.5, 0.6) is 0 Å². The van der Waals surface area contributed by atoms with E-state index in [2.05, 4.69) is 22.3 Å². The van der Waals surface area contributed by atoms with Gasteiger partial charge in [0.15, 0.2) is 5.82 Å². The lowest BCUT2D eigenvalue weighted by Gasteiger charge is -2.03. The molecule has 0 atom stereocenters. The van der Waals surface area contributed by atoms with Crippen LogP contribution in [0.1, 0.15) is 77.0 Å². The van der Waals surface area contributed by atoms with Gasteiger partial charge in [-0.1, -0.05) is 64.7 Å². The van der Waals surface area contributed by atoms with Crippen LogP contribution in [0.15, 0.2) is 6.33 Å². The third-order valence-electron chi connectivity index (χ3n) is 3.64. The maximum absolute atomic E-state index is 4.24. The zero-order valence-corrected chi connectivity index (χ0v) is 13.4. The molecular formula is C16H32N4. The lowest BCUT2D eigenvalue weighted by atomic mass is 10.1. The highest BCUT2D eigenvalue weighted by molar-refractivity contribution is 4.79. The maximum atomic E-state index is 4.24. The standard InChI is InChI=1S/C16H32N4/c1-3-4-5-6-7-8-9-10-11-12-13-17-14-16-18-15-20(2)19-16/h15,17H,3-14H2,1-2H3. The zero-order chi connectivity index (χ0) is 14.5. The van der Waals surface area contributed by atoms with Crippen molar-refractivity contribution in [2.75, 3.05) is 6.54 Å². The fraction of sp³-hybridized carbons (Fsp3) is 0.875. The van der Waals surface area contributed by atoms with E-state index in [1.165, 1.54) is 64.2 Å². The second kappa shape index (κ2) is 11.9. The minimum atomic E-state index is 0.790. The molecule has 1 aromatic heterocycles. The molecule has 0 aliphatic rings. The van der Waals surface area contributed by atoms with Crippen LogP contribution in [-0.4, -0.2) is 21.3 Å². The van der Waals surface area contributed by atoms with Crippen molar-refractivity contribution >= 4 is 0 Å². The number of unbranched alkanes of at least 4 members (excludes halogenated alkanes) is 9. The second-order valence-corrected chi connectivity index (χ2v) is 5.69. The number of nitrogens with one attached hydrogen (secondary N) is 1. The first-order valence-corrected chi connectivity index (χ1v) is 8.38. The molecule has 1 heterocycles. The van der Waals surface area contributed by atoms with Crippen molar-refractivity contribution in [2.45, 2.75) is 77.7 Å². The number of hydrogen-bond acceptors (Lipinski definition) is 3. The summed E-state index contributed by atoms with van der Waals surface area (Å²) >= 11 is 0. The van der Waals surface area contributed by atoms with E-state index >= 15 is 0 Å². The van der Waals surface area contributed by atoms with E-state index in [1.807, 2.05) is 7.05 Å². The largest absolute Gasteiger partial charge is 0.310 e. The van der Waals surface area contributed by atoms with Gasteiger partial charge < -0.3 is 5.32 Å². The van der Waals surface area contributed by atoms with Gasteiger partial charge in [0.2, 0.25) is 0 Å². The molecule has 4 heteroatoms. The van der Waals surface area contributed by atoms with E-state index < -0.39 is 0 Å². The molecule has 20 heavy (non-hydrogen) atoms. The quantitative estimate of drug-likeness (QED) is 0.558. The van der Waals surface area contributed by atoms with Crippen molar-refractivity contribution in [3.63, 3.8) is 0 Å². The van der Waals surface area contributed by atoms with Crippen molar-refractivity contribution in [1.82, 2.24) is 20.1 Å². The summed E-state index contributed by atoms with van der Waals surface area (Å²) < 4.78 is 1.75. The molecule has 0 saturated heterocycles. The van der Waals surface area contributed by atoms with Gasteiger partial charge in [-0.05, 0) is 13.0 Å². The SMILES string of the molecule is CCCCCCCCCCCCNCc1ncn(C)n1. The summed E-state index contributed by atoms with van der Waals surface area (Å²) in [7, 11) is 1.90.